The number of ketones is 1. The molecule has 1 heterocycles. The Hall–Kier alpha value is -0.700. The molecule has 2 atom stereocenters. The number of hydrogen-bond donors (Lipinski definition) is 0. The zero-order chi connectivity index (χ0) is 10.1. The molecule has 1 aromatic heterocycles. The van der Waals surface area contributed by atoms with Crippen LogP contribution in [0.4, 0.5) is 0 Å². The minimum atomic E-state index is 0.203. The summed E-state index contributed by atoms with van der Waals surface area (Å²) < 4.78 is 5.23. The van der Waals surface area contributed by atoms with E-state index in [2.05, 4.69) is 0 Å². The van der Waals surface area contributed by atoms with Gasteiger partial charge in [-0.1, -0.05) is 6.92 Å². The second kappa shape index (κ2) is 3.81. The van der Waals surface area contributed by atoms with Gasteiger partial charge in [-0.25, -0.2) is 0 Å². The maximum absolute atomic E-state index is 11.4. The number of carbonyl (C=O) groups excluding carboxylic acids is 1. The quantitative estimate of drug-likeness (QED) is 0.751. The average Bonchev–Trinajstić information content (AvgIpc) is 2.68. The Labute approximate surface area is 88.1 Å². The van der Waals surface area contributed by atoms with Crippen LogP contribution in [0.5, 0.6) is 0 Å². The molecule has 2 rings (SSSR count). The zero-order valence-corrected chi connectivity index (χ0v) is 9.26. The van der Waals surface area contributed by atoms with Crippen LogP contribution in [0.25, 0.3) is 0 Å². The molecule has 14 heavy (non-hydrogen) atoms. The Kier molecular flexibility index (Phi) is 2.68. The number of furan rings is 1. The van der Waals surface area contributed by atoms with Crippen LogP contribution in [0.3, 0.4) is 0 Å². The molecule has 0 spiro atoms. The first-order valence-corrected chi connectivity index (χ1v) is 5.80. The lowest BCUT2D eigenvalue weighted by atomic mass is 10.1. The topological polar surface area (TPSA) is 30.2 Å². The van der Waals surface area contributed by atoms with E-state index >= 15 is 0 Å². The van der Waals surface area contributed by atoms with Gasteiger partial charge in [0.2, 0.25) is 0 Å². The van der Waals surface area contributed by atoms with Crippen molar-refractivity contribution in [3.05, 3.63) is 18.1 Å². The van der Waals surface area contributed by atoms with Crippen molar-refractivity contribution in [1.82, 2.24) is 0 Å². The fourth-order valence-corrected chi connectivity index (χ4v) is 3.06. The van der Waals surface area contributed by atoms with E-state index in [1.54, 1.807) is 18.0 Å². The smallest absolute Gasteiger partial charge is 0.136 e. The van der Waals surface area contributed by atoms with Gasteiger partial charge in [-0.05, 0) is 19.4 Å². The summed E-state index contributed by atoms with van der Waals surface area (Å²) >= 11 is 1.78. The molecule has 0 saturated heterocycles. The Balaban J connectivity index is 2.05. The van der Waals surface area contributed by atoms with Gasteiger partial charge in [-0.15, -0.1) is 11.8 Å². The van der Waals surface area contributed by atoms with Crippen LogP contribution in [0.1, 0.15) is 25.5 Å². The van der Waals surface area contributed by atoms with E-state index in [1.165, 1.54) is 4.90 Å². The third-order valence-electron chi connectivity index (χ3n) is 2.83. The predicted molar refractivity (Wildman–Crippen MR) is 56.5 cm³/mol. The van der Waals surface area contributed by atoms with Crippen LogP contribution in [0.2, 0.25) is 0 Å². The number of aryl methyl sites for hydroxylation is 1. The largest absolute Gasteiger partial charge is 0.468 e. The molecule has 2 unspecified atom stereocenters. The molecule has 0 radical (unpaired) electrons. The number of thioether (sulfide) groups is 1. The molecule has 0 aromatic carbocycles. The van der Waals surface area contributed by atoms with Crippen molar-refractivity contribution in [2.75, 3.05) is 0 Å². The third kappa shape index (κ3) is 1.73. The van der Waals surface area contributed by atoms with Crippen molar-refractivity contribution in [3.63, 3.8) is 0 Å². The molecule has 0 bridgehead atoms. The minimum absolute atomic E-state index is 0.203. The van der Waals surface area contributed by atoms with E-state index in [9.17, 15) is 4.79 Å². The fraction of sp³-hybridized carbons (Fsp3) is 0.545. The minimum Gasteiger partial charge on any atom is -0.468 e. The van der Waals surface area contributed by atoms with Crippen LogP contribution in [-0.2, 0) is 4.79 Å². The maximum Gasteiger partial charge on any atom is 0.136 e. The predicted octanol–water partition coefficient (Wildman–Crippen LogP) is 3.05. The molecule has 1 aliphatic rings. The van der Waals surface area contributed by atoms with Crippen molar-refractivity contribution < 1.29 is 9.21 Å². The first-order chi connectivity index (χ1) is 6.68. The lowest BCUT2D eigenvalue weighted by Gasteiger charge is -2.12. The highest BCUT2D eigenvalue weighted by Crippen LogP contribution is 2.38. The molecule has 1 aromatic rings. The second-order valence-electron chi connectivity index (χ2n) is 3.79. The Morgan fingerprint density at radius 3 is 2.86 bits per heavy atom. The second-order valence-corrected chi connectivity index (χ2v) is 5.07. The zero-order valence-electron chi connectivity index (χ0n) is 8.45. The third-order valence-corrected chi connectivity index (χ3v) is 4.45. The Morgan fingerprint density at radius 2 is 2.36 bits per heavy atom. The molecule has 0 N–H and O–H groups in total. The van der Waals surface area contributed by atoms with Crippen molar-refractivity contribution in [2.45, 2.75) is 36.8 Å². The molecule has 3 heteroatoms. The van der Waals surface area contributed by atoms with Crippen molar-refractivity contribution in [3.8, 4) is 0 Å². The van der Waals surface area contributed by atoms with E-state index in [0.717, 1.165) is 18.6 Å². The number of Topliss-reactive ketones (excluding diaryl/α,β-unsaturated/α-hetero) is 1. The summed E-state index contributed by atoms with van der Waals surface area (Å²) in [6, 6.07) is 1.98. The van der Waals surface area contributed by atoms with Crippen LogP contribution < -0.4 is 0 Å². The summed E-state index contributed by atoms with van der Waals surface area (Å²) in [4.78, 5) is 12.5. The van der Waals surface area contributed by atoms with Gasteiger partial charge in [0.25, 0.3) is 0 Å². The van der Waals surface area contributed by atoms with Crippen LogP contribution in [0, 0.1) is 12.8 Å². The van der Waals surface area contributed by atoms with Gasteiger partial charge in [-0.3, -0.25) is 4.79 Å². The highest BCUT2D eigenvalue weighted by molar-refractivity contribution is 8.00. The van der Waals surface area contributed by atoms with E-state index in [-0.39, 0.29) is 5.92 Å². The fourth-order valence-electron chi connectivity index (χ4n) is 1.79. The van der Waals surface area contributed by atoms with Crippen molar-refractivity contribution in [1.29, 1.82) is 0 Å². The van der Waals surface area contributed by atoms with Crippen LogP contribution >= 0.6 is 11.8 Å². The Bertz CT molecular complexity index is 343. The lowest BCUT2D eigenvalue weighted by Crippen LogP contribution is -2.11. The summed E-state index contributed by atoms with van der Waals surface area (Å²) in [7, 11) is 0. The van der Waals surface area contributed by atoms with Gasteiger partial charge in [0, 0.05) is 22.5 Å². The molecule has 2 nitrogen and oxygen atoms in total. The van der Waals surface area contributed by atoms with E-state index < -0.39 is 0 Å². The van der Waals surface area contributed by atoms with Gasteiger partial charge in [0.1, 0.15) is 11.5 Å². The maximum atomic E-state index is 11.4. The molecule has 1 aliphatic carbocycles. The SMILES string of the molecule is Cc1occc1SC1CCC(=O)C1C. The van der Waals surface area contributed by atoms with Crippen molar-refractivity contribution >= 4 is 17.5 Å². The van der Waals surface area contributed by atoms with Crippen LogP contribution in [0.15, 0.2) is 21.6 Å². The highest BCUT2D eigenvalue weighted by Gasteiger charge is 2.31. The van der Waals surface area contributed by atoms with Crippen molar-refractivity contribution in [2.24, 2.45) is 5.92 Å². The number of hydrogen-bond acceptors (Lipinski definition) is 3. The molecule has 0 amide bonds. The van der Waals surface area contributed by atoms with Gasteiger partial charge >= 0.3 is 0 Å². The summed E-state index contributed by atoms with van der Waals surface area (Å²) in [5.41, 5.74) is 0. The summed E-state index contributed by atoms with van der Waals surface area (Å²) in [5.74, 6) is 1.57. The Morgan fingerprint density at radius 1 is 1.57 bits per heavy atom. The number of carbonyl (C=O) groups is 1. The lowest BCUT2D eigenvalue weighted by molar-refractivity contribution is -0.120. The molecule has 0 aliphatic heterocycles. The monoisotopic (exact) mass is 210 g/mol. The summed E-state index contributed by atoms with van der Waals surface area (Å²) in [6.07, 6.45) is 3.46. The van der Waals surface area contributed by atoms with Gasteiger partial charge in [0.15, 0.2) is 0 Å². The van der Waals surface area contributed by atoms with Gasteiger partial charge < -0.3 is 4.42 Å². The normalized spacial score (nSPS) is 27.1. The first-order valence-electron chi connectivity index (χ1n) is 4.92. The summed E-state index contributed by atoms with van der Waals surface area (Å²) in [5, 5.41) is 0.443. The van der Waals surface area contributed by atoms with Gasteiger partial charge in [-0.2, -0.15) is 0 Å². The van der Waals surface area contributed by atoms with E-state index in [4.69, 9.17) is 4.42 Å². The molecule has 1 saturated carbocycles. The van der Waals surface area contributed by atoms with Gasteiger partial charge in [0.05, 0.1) is 6.26 Å². The number of rotatable bonds is 2. The summed E-state index contributed by atoms with van der Waals surface area (Å²) in [6.45, 7) is 3.99. The van der Waals surface area contributed by atoms with Crippen LogP contribution in [-0.4, -0.2) is 11.0 Å². The molecular weight excluding hydrogens is 196 g/mol. The first kappa shape index (κ1) is 9.84. The van der Waals surface area contributed by atoms with E-state index in [1.807, 2.05) is 19.9 Å². The average molecular weight is 210 g/mol. The van der Waals surface area contributed by atoms with E-state index in [0.29, 0.717) is 11.0 Å². The molecule has 76 valence electrons. The highest BCUT2D eigenvalue weighted by atomic mass is 32.2. The molecule has 1 fully saturated rings. The standard InChI is InChI=1S/C11H14O2S/c1-7-9(12)3-4-10(7)14-11-5-6-13-8(11)2/h5-7,10H,3-4H2,1-2H3. The molecular formula is C11H14O2S.